The molecule has 150 valence electrons. The molecule has 1 fully saturated rings. The highest BCUT2D eigenvalue weighted by Crippen LogP contribution is 2.34. The number of aryl methyl sites for hydroxylation is 1. The van der Waals surface area contributed by atoms with Gasteiger partial charge in [0.1, 0.15) is 11.3 Å². The molecule has 2 aliphatic heterocycles. The van der Waals surface area contributed by atoms with Crippen LogP contribution in [0.25, 0.3) is 10.9 Å². The number of hydrogen-bond acceptors (Lipinski definition) is 6. The maximum atomic E-state index is 5.53. The summed E-state index contributed by atoms with van der Waals surface area (Å²) in [5.74, 6) is 2.52. The Labute approximate surface area is 170 Å². The van der Waals surface area contributed by atoms with Crippen LogP contribution in [0.15, 0.2) is 42.5 Å². The number of benzene rings is 2. The van der Waals surface area contributed by atoms with Crippen LogP contribution in [0.4, 0.5) is 5.69 Å². The van der Waals surface area contributed by atoms with Crippen molar-refractivity contribution in [3.63, 3.8) is 0 Å². The van der Waals surface area contributed by atoms with Gasteiger partial charge in [0.25, 0.3) is 0 Å². The normalized spacial score (nSPS) is 16.4. The zero-order valence-electron chi connectivity index (χ0n) is 16.9. The Kier molecular flexibility index (Phi) is 4.64. The largest absolute Gasteiger partial charge is 0.494 e. The van der Waals surface area contributed by atoms with Gasteiger partial charge < -0.3 is 19.1 Å². The van der Waals surface area contributed by atoms with Crippen LogP contribution in [0, 0.1) is 6.92 Å². The molecule has 6 heteroatoms. The predicted molar refractivity (Wildman–Crippen MR) is 113 cm³/mol. The standard InChI is InChI=1S/C23H25N3O3/c1-16-12-19(18-4-3-5-21(27-2)23(18)24-16)26-10-8-25(9-11-26)14-17-6-7-20-22(13-17)29-15-28-20/h3-7,12-13H,8-11,14-15H2,1-2H3. The van der Waals surface area contributed by atoms with E-state index in [0.29, 0.717) is 6.79 Å². The van der Waals surface area contributed by atoms with Crippen molar-refractivity contribution in [3.8, 4) is 17.2 Å². The van der Waals surface area contributed by atoms with Crippen molar-refractivity contribution in [3.05, 3.63) is 53.7 Å². The zero-order valence-corrected chi connectivity index (χ0v) is 16.9. The highest BCUT2D eigenvalue weighted by molar-refractivity contribution is 5.95. The summed E-state index contributed by atoms with van der Waals surface area (Å²) >= 11 is 0. The number of nitrogens with zero attached hydrogens (tertiary/aromatic N) is 3. The molecule has 1 saturated heterocycles. The summed E-state index contributed by atoms with van der Waals surface area (Å²) in [7, 11) is 1.70. The van der Waals surface area contributed by atoms with Crippen LogP contribution in [-0.4, -0.2) is 50.0 Å². The third-order valence-corrected chi connectivity index (χ3v) is 5.68. The first-order chi connectivity index (χ1) is 14.2. The van der Waals surface area contributed by atoms with Crippen molar-refractivity contribution in [2.45, 2.75) is 13.5 Å². The Bertz CT molecular complexity index is 1040. The zero-order chi connectivity index (χ0) is 19.8. The van der Waals surface area contributed by atoms with Crippen molar-refractivity contribution < 1.29 is 14.2 Å². The quantitative estimate of drug-likeness (QED) is 0.677. The highest BCUT2D eigenvalue weighted by Gasteiger charge is 2.21. The summed E-state index contributed by atoms with van der Waals surface area (Å²) in [5.41, 5.74) is 4.46. The predicted octanol–water partition coefficient (Wildman–Crippen LogP) is 3.60. The van der Waals surface area contributed by atoms with Crippen molar-refractivity contribution in [2.24, 2.45) is 0 Å². The molecule has 1 aromatic heterocycles. The summed E-state index contributed by atoms with van der Waals surface area (Å²) in [6, 6.07) is 14.6. The Morgan fingerprint density at radius 2 is 1.83 bits per heavy atom. The molecule has 3 heterocycles. The maximum absolute atomic E-state index is 5.53. The molecule has 2 aliphatic rings. The fraction of sp³-hybridized carbons (Fsp3) is 0.348. The second-order valence-corrected chi connectivity index (χ2v) is 7.59. The molecular weight excluding hydrogens is 366 g/mol. The number of rotatable bonds is 4. The summed E-state index contributed by atoms with van der Waals surface area (Å²) in [4.78, 5) is 9.67. The van der Waals surface area contributed by atoms with Crippen LogP contribution in [0.5, 0.6) is 17.2 Å². The highest BCUT2D eigenvalue weighted by atomic mass is 16.7. The van der Waals surface area contributed by atoms with Crippen molar-refractivity contribution in [1.82, 2.24) is 9.88 Å². The van der Waals surface area contributed by atoms with Crippen LogP contribution in [0.1, 0.15) is 11.3 Å². The topological polar surface area (TPSA) is 47.1 Å². The molecule has 29 heavy (non-hydrogen) atoms. The van der Waals surface area contributed by atoms with E-state index in [1.807, 2.05) is 25.1 Å². The summed E-state index contributed by atoms with van der Waals surface area (Å²) < 4.78 is 16.5. The number of methoxy groups -OCH3 is 1. The van der Waals surface area contributed by atoms with Crippen molar-refractivity contribution >= 4 is 16.6 Å². The summed E-state index contributed by atoms with van der Waals surface area (Å²) in [5, 5.41) is 1.15. The molecule has 0 bridgehead atoms. The van der Waals surface area contributed by atoms with Gasteiger partial charge in [0, 0.05) is 49.5 Å². The van der Waals surface area contributed by atoms with Gasteiger partial charge in [-0.25, -0.2) is 4.98 Å². The number of fused-ring (bicyclic) bond motifs is 2. The van der Waals surface area contributed by atoms with Crippen LogP contribution in [-0.2, 0) is 6.54 Å². The first kappa shape index (κ1) is 18.1. The fourth-order valence-electron chi connectivity index (χ4n) is 4.20. The van der Waals surface area contributed by atoms with Gasteiger partial charge in [-0.1, -0.05) is 18.2 Å². The lowest BCUT2D eigenvalue weighted by Gasteiger charge is -2.36. The molecule has 0 amide bonds. The van der Waals surface area contributed by atoms with Gasteiger partial charge in [-0.2, -0.15) is 0 Å². The lowest BCUT2D eigenvalue weighted by molar-refractivity contribution is 0.174. The van der Waals surface area contributed by atoms with Gasteiger partial charge in [0.05, 0.1) is 7.11 Å². The molecular formula is C23H25N3O3. The van der Waals surface area contributed by atoms with Gasteiger partial charge in [-0.05, 0) is 36.8 Å². The molecule has 2 aromatic carbocycles. The number of anilines is 1. The monoisotopic (exact) mass is 391 g/mol. The molecule has 5 rings (SSSR count). The third-order valence-electron chi connectivity index (χ3n) is 5.68. The van der Waals surface area contributed by atoms with E-state index in [0.717, 1.165) is 66.6 Å². The SMILES string of the molecule is COc1cccc2c(N3CCN(Cc4ccc5c(c4)OCO5)CC3)cc(C)nc12. The Balaban J connectivity index is 1.32. The molecule has 0 spiro atoms. The molecule has 0 aliphatic carbocycles. The number of aromatic nitrogens is 1. The second-order valence-electron chi connectivity index (χ2n) is 7.59. The van der Waals surface area contributed by atoms with Crippen molar-refractivity contribution in [2.75, 3.05) is 45.0 Å². The van der Waals surface area contributed by atoms with Gasteiger partial charge in [-0.3, -0.25) is 4.90 Å². The second kappa shape index (κ2) is 7.44. The van der Waals surface area contributed by atoms with Gasteiger partial charge in [0.2, 0.25) is 6.79 Å². The van der Waals surface area contributed by atoms with Crippen molar-refractivity contribution in [1.29, 1.82) is 0 Å². The molecule has 3 aromatic rings. The third kappa shape index (κ3) is 3.44. The smallest absolute Gasteiger partial charge is 0.231 e. The number of para-hydroxylation sites is 1. The number of pyridine rings is 1. The number of ether oxygens (including phenoxy) is 3. The van der Waals surface area contributed by atoms with E-state index in [9.17, 15) is 0 Å². The average molecular weight is 391 g/mol. The summed E-state index contributed by atoms with van der Waals surface area (Å²) in [6.45, 7) is 7.30. The van der Waals surface area contributed by atoms with Crippen LogP contribution >= 0.6 is 0 Å². The molecule has 6 nitrogen and oxygen atoms in total. The van der Waals surface area contributed by atoms with Crippen LogP contribution < -0.4 is 19.1 Å². The van der Waals surface area contributed by atoms with Gasteiger partial charge in [0.15, 0.2) is 11.5 Å². The number of hydrogen-bond donors (Lipinski definition) is 0. The van der Waals surface area contributed by atoms with Crippen LogP contribution in [0.2, 0.25) is 0 Å². The van der Waals surface area contributed by atoms with Gasteiger partial charge >= 0.3 is 0 Å². The van der Waals surface area contributed by atoms with E-state index >= 15 is 0 Å². The summed E-state index contributed by atoms with van der Waals surface area (Å²) in [6.07, 6.45) is 0. The van der Waals surface area contributed by atoms with Gasteiger partial charge in [-0.15, -0.1) is 0 Å². The molecule has 0 atom stereocenters. The lowest BCUT2D eigenvalue weighted by atomic mass is 10.1. The van der Waals surface area contributed by atoms with E-state index in [-0.39, 0.29) is 0 Å². The molecule has 0 saturated carbocycles. The molecule has 0 N–H and O–H groups in total. The lowest BCUT2D eigenvalue weighted by Crippen LogP contribution is -2.46. The molecule has 0 unspecified atom stereocenters. The van der Waals surface area contributed by atoms with E-state index in [1.54, 1.807) is 7.11 Å². The minimum absolute atomic E-state index is 0.321. The minimum Gasteiger partial charge on any atom is -0.494 e. The van der Waals surface area contributed by atoms with E-state index < -0.39 is 0 Å². The Morgan fingerprint density at radius 3 is 2.66 bits per heavy atom. The fourth-order valence-corrected chi connectivity index (χ4v) is 4.20. The maximum Gasteiger partial charge on any atom is 0.231 e. The first-order valence-corrected chi connectivity index (χ1v) is 10.0. The number of piperazine rings is 1. The average Bonchev–Trinajstić information content (AvgIpc) is 3.21. The van der Waals surface area contributed by atoms with Crippen LogP contribution in [0.3, 0.4) is 0 Å². The Hall–Kier alpha value is -2.99. The Morgan fingerprint density at radius 1 is 1.00 bits per heavy atom. The molecule has 0 radical (unpaired) electrons. The van der Waals surface area contributed by atoms with E-state index in [4.69, 9.17) is 19.2 Å². The van der Waals surface area contributed by atoms with E-state index in [1.165, 1.54) is 11.3 Å². The first-order valence-electron chi connectivity index (χ1n) is 10.0. The minimum atomic E-state index is 0.321. The van der Waals surface area contributed by atoms with E-state index in [2.05, 4.69) is 34.1 Å².